The zero-order chi connectivity index (χ0) is 14.5. The molecule has 5 nitrogen and oxygen atoms in total. The third-order valence-electron chi connectivity index (χ3n) is 2.65. The lowest BCUT2D eigenvalue weighted by Crippen LogP contribution is -2.41. The zero-order valence-electron chi connectivity index (χ0n) is 11.8. The molecular weight excluding hydrogens is 246 g/mol. The van der Waals surface area contributed by atoms with Crippen LogP contribution in [0.2, 0.25) is 0 Å². The van der Waals surface area contributed by atoms with E-state index in [9.17, 15) is 4.79 Å². The van der Waals surface area contributed by atoms with Gasteiger partial charge in [-0.25, -0.2) is 0 Å². The van der Waals surface area contributed by atoms with E-state index >= 15 is 0 Å². The van der Waals surface area contributed by atoms with Gasteiger partial charge in [-0.15, -0.1) is 0 Å². The summed E-state index contributed by atoms with van der Waals surface area (Å²) >= 11 is 0. The topological polar surface area (TPSA) is 70.8 Å². The normalized spacial score (nSPS) is 12.7. The van der Waals surface area contributed by atoms with Crippen molar-refractivity contribution in [2.75, 3.05) is 14.2 Å². The lowest BCUT2D eigenvalue weighted by molar-refractivity contribution is -0.143. The van der Waals surface area contributed by atoms with Crippen molar-refractivity contribution in [3.63, 3.8) is 0 Å². The van der Waals surface area contributed by atoms with E-state index in [1.807, 2.05) is 32.0 Å². The maximum Gasteiger partial charge on any atom is 0.322 e. The van der Waals surface area contributed by atoms with Crippen molar-refractivity contribution >= 4 is 5.97 Å². The summed E-state index contributed by atoms with van der Waals surface area (Å²) in [5.74, 6) is 0.939. The monoisotopic (exact) mass is 267 g/mol. The van der Waals surface area contributed by atoms with Gasteiger partial charge in [0.15, 0.2) is 0 Å². The quantitative estimate of drug-likeness (QED) is 0.795. The van der Waals surface area contributed by atoms with Crippen molar-refractivity contribution in [2.24, 2.45) is 5.73 Å². The first-order valence-corrected chi connectivity index (χ1v) is 6.04. The highest BCUT2D eigenvalue weighted by molar-refractivity contribution is 5.75. The highest BCUT2D eigenvalue weighted by Crippen LogP contribution is 2.25. The second kappa shape index (κ2) is 6.43. The Labute approximate surface area is 113 Å². The van der Waals surface area contributed by atoms with E-state index in [0.717, 1.165) is 0 Å². The van der Waals surface area contributed by atoms with E-state index in [1.54, 1.807) is 13.2 Å². The average molecular weight is 267 g/mol. The van der Waals surface area contributed by atoms with Gasteiger partial charge in [0.25, 0.3) is 0 Å². The fourth-order valence-electron chi connectivity index (χ4n) is 1.79. The van der Waals surface area contributed by atoms with E-state index in [2.05, 4.69) is 4.74 Å². The first-order valence-electron chi connectivity index (χ1n) is 6.04. The second-order valence-electron chi connectivity index (χ2n) is 4.87. The minimum Gasteiger partial charge on any atom is -0.497 e. The molecule has 0 saturated heterocycles. The van der Waals surface area contributed by atoms with E-state index in [-0.39, 0.29) is 0 Å². The van der Waals surface area contributed by atoms with Crippen molar-refractivity contribution in [1.29, 1.82) is 0 Å². The SMILES string of the molecule is COC(=O)C(N)CC(C)(C)Oc1cccc(OC)c1. The number of carbonyl (C=O) groups is 1. The third-order valence-corrected chi connectivity index (χ3v) is 2.65. The number of benzene rings is 1. The van der Waals surface area contributed by atoms with Crippen molar-refractivity contribution in [3.05, 3.63) is 24.3 Å². The average Bonchev–Trinajstić information content (AvgIpc) is 2.36. The van der Waals surface area contributed by atoms with Crippen LogP contribution in [0.4, 0.5) is 0 Å². The van der Waals surface area contributed by atoms with Gasteiger partial charge in [-0.1, -0.05) is 6.07 Å². The van der Waals surface area contributed by atoms with Crippen LogP contribution in [0, 0.1) is 0 Å². The summed E-state index contributed by atoms with van der Waals surface area (Å²) in [6.07, 6.45) is 0.358. The molecule has 0 heterocycles. The predicted octanol–water partition coefficient (Wildman–Crippen LogP) is 1.74. The molecule has 1 unspecified atom stereocenters. The van der Waals surface area contributed by atoms with Gasteiger partial charge in [0, 0.05) is 12.5 Å². The Kier molecular flexibility index (Phi) is 5.18. The van der Waals surface area contributed by atoms with Crippen LogP contribution in [0.15, 0.2) is 24.3 Å². The molecule has 0 saturated carbocycles. The fourth-order valence-corrected chi connectivity index (χ4v) is 1.79. The van der Waals surface area contributed by atoms with Gasteiger partial charge >= 0.3 is 5.97 Å². The molecule has 0 aliphatic heterocycles. The molecule has 19 heavy (non-hydrogen) atoms. The fraction of sp³-hybridized carbons (Fsp3) is 0.500. The van der Waals surface area contributed by atoms with Gasteiger partial charge in [0.05, 0.1) is 14.2 Å². The Morgan fingerprint density at radius 1 is 1.32 bits per heavy atom. The lowest BCUT2D eigenvalue weighted by Gasteiger charge is -2.28. The van der Waals surface area contributed by atoms with E-state index in [1.165, 1.54) is 7.11 Å². The van der Waals surface area contributed by atoms with Crippen LogP contribution in [-0.2, 0) is 9.53 Å². The van der Waals surface area contributed by atoms with Crippen molar-refractivity contribution in [2.45, 2.75) is 31.9 Å². The minimum absolute atomic E-state index is 0.358. The first kappa shape index (κ1) is 15.3. The number of hydrogen-bond donors (Lipinski definition) is 1. The number of carbonyl (C=O) groups excluding carboxylic acids is 1. The molecule has 0 amide bonds. The molecule has 0 radical (unpaired) electrons. The molecule has 2 N–H and O–H groups in total. The molecule has 0 bridgehead atoms. The zero-order valence-corrected chi connectivity index (χ0v) is 11.8. The van der Waals surface area contributed by atoms with Crippen LogP contribution < -0.4 is 15.2 Å². The molecule has 0 fully saturated rings. The highest BCUT2D eigenvalue weighted by Gasteiger charge is 2.27. The number of ether oxygens (including phenoxy) is 3. The summed E-state index contributed by atoms with van der Waals surface area (Å²) in [4.78, 5) is 11.3. The number of methoxy groups -OCH3 is 2. The maximum atomic E-state index is 11.3. The molecule has 1 atom stereocenters. The van der Waals surface area contributed by atoms with Crippen LogP contribution in [0.5, 0.6) is 11.5 Å². The Balaban J connectivity index is 2.70. The third kappa shape index (κ3) is 4.79. The number of hydrogen-bond acceptors (Lipinski definition) is 5. The number of nitrogens with two attached hydrogens (primary N) is 1. The van der Waals surface area contributed by atoms with Crippen LogP contribution in [0.3, 0.4) is 0 Å². The molecule has 0 aliphatic rings. The summed E-state index contributed by atoms with van der Waals surface area (Å²) in [5.41, 5.74) is 5.16. The van der Waals surface area contributed by atoms with Crippen LogP contribution >= 0.6 is 0 Å². The summed E-state index contributed by atoms with van der Waals surface area (Å²) < 4.78 is 15.6. The van der Waals surface area contributed by atoms with Crippen molar-refractivity contribution in [3.8, 4) is 11.5 Å². The van der Waals surface area contributed by atoms with E-state index in [0.29, 0.717) is 17.9 Å². The van der Waals surface area contributed by atoms with Crippen molar-refractivity contribution < 1.29 is 19.0 Å². The van der Waals surface area contributed by atoms with Gasteiger partial charge in [-0.05, 0) is 26.0 Å². The molecular formula is C14H21NO4. The number of esters is 1. The molecule has 106 valence electrons. The number of rotatable bonds is 6. The predicted molar refractivity (Wildman–Crippen MR) is 72.3 cm³/mol. The Morgan fingerprint density at radius 2 is 1.95 bits per heavy atom. The van der Waals surface area contributed by atoms with Crippen molar-refractivity contribution in [1.82, 2.24) is 0 Å². The minimum atomic E-state index is -0.703. The molecule has 0 aliphatic carbocycles. The van der Waals surface area contributed by atoms with Crippen LogP contribution in [-0.4, -0.2) is 31.8 Å². The molecule has 5 heteroatoms. The highest BCUT2D eigenvalue weighted by atomic mass is 16.5. The Morgan fingerprint density at radius 3 is 2.53 bits per heavy atom. The molecule has 1 aromatic rings. The van der Waals surface area contributed by atoms with Gasteiger partial charge < -0.3 is 19.9 Å². The van der Waals surface area contributed by atoms with Gasteiger partial charge in [-0.3, -0.25) is 4.79 Å². The Hall–Kier alpha value is -1.75. The maximum absolute atomic E-state index is 11.3. The van der Waals surface area contributed by atoms with Gasteiger partial charge in [0.1, 0.15) is 23.1 Å². The van der Waals surface area contributed by atoms with Crippen LogP contribution in [0.25, 0.3) is 0 Å². The Bertz CT molecular complexity index is 431. The molecule has 0 aromatic heterocycles. The molecule has 0 spiro atoms. The summed E-state index contributed by atoms with van der Waals surface area (Å²) in [5, 5.41) is 0. The first-order chi connectivity index (χ1) is 8.88. The second-order valence-corrected chi connectivity index (χ2v) is 4.87. The van der Waals surface area contributed by atoms with Gasteiger partial charge in [0.2, 0.25) is 0 Å². The smallest absolute Gasteiger partial charge is 0.322 e. The molecule has 1 rings (SSSR count). The summed E-state index contributed by atoms with van der Waals surface area (Å²) in [6.45, 7) is 3.74. The van der Waals surface area contributed by atoms with Crippen LogP contribution in [0.1, 0.15) is 20.3 Å². The van der Waals surface area contributed by atoms with E-state index in [4.69, 9.17) is 15.2 Å². The summed E-state index contributed by atoms with van der Waals surface area (Å²) in [7, 11) is 2.91. The summed E-state index contributed by atoms with van der Waals surface area (Å²) in [6, 6.07) is 6.58. The standard InChI is InChI=1S/C14H21NO4/c1-14(2,9-12(15)13(16)18-4)19-11-7-5-6-10(8-11)17-3/h5-8,12H,9,15H2,1-4H3. The largest absolute Gasteiger partial charge is 0.497 e. The molecule has 1 aromatic carbocycles. The lowest BCUT2D eigenvalue weighted by atomic mass is 9.99. The van der Waals surface area contributed by atoms with Gasteiger partial charge in [-0.2, -0.15) is 0 Å². The van der Waals surface area contributed by atoms with E-state index < -0.39 is 17.6 Å².